The van der Waals surface area contributed by atoms with Crippen LogP contribution in [-0.2, 0) is 11.2 Å². The number of carbonyl (C=O) groups excluding carboxylic acids is 1. The van der Waals surface area contributed by atoms with Crippen molar-refractivity contribution in [2.24, 2.45) is 5.92 Å². The second-order valence-corrected chi connectivity index (χ2v) is 10.3. The zero-order valence-electron chi connectivity index (χ0n) is 22.3. The molecule has 2 aromatic carbocycles. The quantitative estimate of drug-likeness (QED) is 0.353. The Kier molecular flexibility index (Phi) is 7.22. The number of piperazine rings is 1. The molecule has 0 spiro atoms. The molecule has 5 rings (SSSR count). The Morgan fingerprint density at radius 1 is 0.919 bits per heavy atom. The van der Waals surface area contributed by atoms with E-state index in [1.165, 1.54) is 0 Å². The van der Waals surface area contributed by atoms with Crippen molar-refractivity contribution in [1.29, 1.82) is 0 Å². The van der Waals surface area contributed by atoms with E-state index >= 15 is 0 Å². The first-order valence-corrected chi connectivity index (χ1v) is 13.4. The molecule has 2 aromatic heterocycles. The second kappa shape index (κ2) is 10.7. The number of anilines is 1. The van der Waals surface area contributed by atoms with Gasteiger partial charge in [-0.2, -0.15) is 5.10 Å². The van der Waals surface area contributed by atoms with Crippen LogP contribution in [0.5, 0.6) is 0 Å². The first kappa shape index (κ1) is 24.9. The summed E-state index contributed by atoms with van der Waals surface area (Å²) >= 11 is 0. The highest BCUT2D eigenvalue weighted by molar-refractivity contribution is 5.91. The van der Waals surface area contributed by atoms with E-state index in [9.17, 15) is 4.79 Å². The molecular weight excluding hydrogens is 460 g/mol. The molecule has 0 N–H and O–H groups in total. The fraction of sp³-hybridized carbons (Fsp3) is 0.400. The van der Waals surface area contributed by atoms with Crippen molar-refractivity contribution in [3.63, 3.8) is 0 Å². The first-order chi connectivity index (χ1) is 18.0. The van der Waals surface area contributed by atoms with Gasteiger partial charge in [0.2, 0.25) is 5.91 Å². The fourth-order valence-corrected chi connectivity index (χ4v) is 5.24. The van der Waals surface area contributed by atoms with Crippen LogP contribution in [0.15, 0.2) is 60.7 Å². The number of aryl methyl sites for hydroxylation is 1. The predicted octanol–water partition coefficient (Wildman–Crippen LogP) is 5.16. The van der Waals surface area contributed by atoms with E-state index in [-0.39, 0.29) is 11.8 Å². The number of benzene rings is 2. The molecule has 1 amide bonds. The lowest BCUT2D eigenvalue weighted by atomic mass is 9.95. The average Bonchev–Trinajstić information content (AvgIpc) is 3.25. The number of rotatable bonds is 7. The van der Waals surface area contributed by atoms with Gasteiger partial charge in [0.05, 0.1) is 22.7 Å². The van der Waals surface area contributed by atoms with Crippen LogP contribution in [-0.4, -0.2) is 56.7 Å². The molecule has 3 heterocycles. The molecule has 1 aliphatic heterocycles. The van der Waals surface area contributed by atoms with Crippen molar-refractivity contribution in [1.82, 2.24) is 24.6 Å². The molecule has 1 aliphatic rings. The number of aromatic nitrogens is 4. The van der Waals surface area contributed by atoms with Gasteiger partial charge in [0, 0.05) is 32.6 Å². The highest BCUT2D eigenvalue weighted by Gasteiger charge is 2.30. The van der Waals surface area contributed by atoms with Gasteiger partial charge in [0.25, 0.3) is 0 Å². The number of amides is 1. The van der Waals surface area contributed by atoms with Crippen LogP contribution in [0.2, 0.25) is 0 Å². The summed E-state index contributed by atoms with van der Waals surface area (Å²) in [6, 6.07) is 20.3. The van der Waals surface area contributed by atoms with Crippen LogP contribution in [0.4, 0.5) is 5.82 Å². The SMILES string of the molecule is CCC(C(=O)N1CCN(c2nc(CC(C)C)nc3c2c(C)nn3-c2ccccc2)CC1)c1ccccc1. The maximum atomic E-state index is 13.4. The fourth-order valence-electron chi connectivity index (χ4n) is 5.24. The van der Waals surface area contributed by atoms with Crippen molar-refractivity contribution in [2.75, 3.05) is 31.1 Å². The topological polar surface area (TPSA) is 67.2 Å². The molecule has 1 atom stereocenters. The summed E-state index contributed by atoms with van der Waals surface area (Å²) in [7, 11) is 0. The van der Waals surface area contributed by atoms with Gasteiger partial charge in [0.15, 0.2) is 5.65 Å². The molecule has 0 radical (unpaired) electrons. The van der Waals surface area contributed by atoms with Gasteiger partial charge in [-0.15, -0.1) is 0 Å². The van der Waals surface area contributed by atoms with E-state index in [1.54, 1.807) is 0 Å². The number of hydrogen-bond acceptors (Lipinski definition) is 5. The minimum atomic E-state index is -0.0949. The van der Waals surface area contributed by atoms with E-state index < -0.39 is 0 Å². The van der Waals surface area contributed by atoms with E-state index in [0.717, 1.165) is 65.6 Å². The summed E-state index contributed by atoms with van der Waals surface area (Å²) in [4.78, 5) is 27.8. The summed E-state index contributed by atoms with van der Waals surface area (Å²) in [6.45, 7) is 11.3. The highest BCUT2D eigenvalue weighted by Crippen LogP contribution is 2.31. The third-order valence-corrected chi connectivity index (χ3v) is 7.12. The minimum Gasteiger partial charge on any atom is -0.352 e. The maximum absolute atomic E-state index is 13.4. The highest BCUT2D eigenvalue weighted by atomic mass is 16.2. The number of para-hydroxylation sites is 1. The number of carbonyl (C=O) groups is 1. The van der Waals surface area contributed by atoms with Gasteiger partial charge in [-0.25, -0.2) is 14.6 Å². The largest absolute Gasteiger partial charge is 0.352 e. The third-order valence-electron chi connectivity index (χ3n) is 7.12. The molecule has 7 nitrogen and oxygen atoms in total. The van der Waals surface area contributed by atoms with Gasteiger partial charge in [-0.3, -0.25) is 4.79 Å². The Bertz CT molecular complexity index is 1360. The van der Waals surface area contributed by atoms with Crippen LogP contribution in [0, 0.1) is 12.8 Å². The normalized spacial score (nSPS) is 14.9. The van der Waals surface area contributed by atoms with Crippen molar-refractivity contribution >= 4 is 22.8 Å². The molecular formula is C30H36N6O. The number of nitrogens with zero attached hydrogens (tertiary/aromatic N) is 6. The summed E-state index contributed by atoms with van der Waals surface area (Å²) in [6.07, 6.45) is 1.60. The summed E-state index contributed by atoms with van der Waals surface area (Å²) in [5, 5.41) is 5.86. The van der Waals surface area contributed by atoms with Crippen LogP contribution in [0.25, 0.3) is 16.7 Å². The van der Waals surface area contributed by atoms with Crippen LogP contribution >= 0.6 is 0 Å². The Morgan fingerprint density at radius 2 is 1.57 bits per heavy atom. The summed E-state index contributed by atoms with van der Waals surface area (Å²) in [5.41, 5.74) is 3.84. The van der Waals surface area contributed by atoms with Crippen molar-refractivity contribution in [3.05, 3.63) is 77.7 Å². The molecule has 192 valence electrons. The van der Waals surface area contributed by atoms with Crippen LogP contribution < -0.4 is 4.90 Å². The maximum Gasteiger partial charge on any atom is 0.230 e. The molecule has 0 aliphatic carbocycles. The molecule has 1 unspecified atom stereocenters. The van der Waals surface area contributed by atoms with E-state index in [0.29, 0.717) is 19.0 Å². The molecule has 4 aromatic rings. The zero-order chi connectivity index (χ0) is 25.9. The Morgan fingerprint density at radius 3 is 2.19 bits per heavy atom. The lowest BCUT2D eigenvalue weighted by molar-refractivity contribution is -0.133. The van der Waals surface area contributed by atoms with Crippen LogP contribution in [0.3, 0.4) is 0 Å². The number of hydrogen-bond donors (Lipinski definition) is 0. The minimum absolute atomic E-state index is 0.0949. The third kappa shape index (κ3) is 5.08. The Labute approximate surface area is 219 Å². The zero-order valence-corrected chi connectivity index (χ0v) is 22.3. The van der Waals surface area contributed by atoms with Crippen molar-refractivity contribution < 1.29 is 4.79 Å². The molecule has 1 fully saturated rings. The molecule has 0 saturated carbocycles. The Hall–Kier alpha value is -3.74. The van der Waals surface area contributed by atoms with Gasteiger partial charge in [0.1, 0.15) is 11.6 Å². The van der Waals surface area contributed by atoms with Gasteiger partial charge >= 0.3 is 0 Å². The van der Waals surface area contributed by atoms with E-state index in [2.05, 4.69) is 49.9 Å². The second-order valence-electron chi connectivity index (χ2n) is 10.3. The molecule has 0 bridgehead atoms. The van der Waals surface area contributed by atoms with Crippen molar-refractivity contribution in [3.8, 4) is 5.69 Å². The molecule has 1 saturated heterocycles. The average molecular weight is 497 g/mol. The lowest BCUT2D eigenvalue weighted by Crippen LogP contribution is -2.50. The standard InChI is InChI=1S/C30H36N6O/c1-5-25(23-12-8-6-9-13-23)30(37)35-18-16-34(17-19-35)28-27-22(4)33-36(24-14-10-7-11-15-24)29(27)32-26(31-28)20-21(2)3/h6-15,21,25H,5,16-20H2,1-4H3. The molecule has 7 heteroatoms. The van der Waals surface area contributed by atoms with E-state index in [4.69, 9.17) is 15.1 Å². The van der Waals surface area contributed by atoms with E-state index in [1.807, 2.05) is 52.9 Å². The van der Waals surface area contributed by atoms with Crippen molar-refractivity contribution in [2.45, 2.75) is 46.5 Å². The smallest absolute Gasteiger partial charge is 0.230 e. The predicted molar refractivity (Wildman–Crippen MR) is 148 cm³/mol. The summed E-state index contributed by atoms with van der Waals surface area (Å²) in [5.74, 6) is 2.33. The monoisotopic (exact) mass is 496 g/mol. The Balaban J connectivity index is 1.44. The molecule has 37 heavy (non-hydrogen) atoms. The summed E-state index contributed by atoms with van der Waals surface area (Å²) < 4.78 is 1.94. The van der Waals surface area contributed by atoms with Gasteiger partial charge in [-0.05, 0) is 37.0 Å². The van der Waals surface area contributed by atoms with Gasteiger partial charge < -0.3 is 9.80 Å². The first-order valence-electron chi connectivity index (χ1n) is 13.4. The number of fused-ring (bicyclic) bond motifs is 1. The van der Waals surface area contributed by atoms with Crippen LogP contribution in [0.1, 0.15) is 50.2 Å². The lowest BCUT2D eigenvalue weighted by Gasteiger charge is -2.37. The van der Waals surface area contributed by atoms with Gasteiger partial charge in [-0.1, -0.05) is 69.3 Å².